The highest BCUT2D eigenvalue weighted by molar-refractivity contribution is 5.10. The predicted octanol–water partition coefficient (Wildman–Crippen LogP) is 1.66. The zero-order valence-corrected chi connectivity index (χ0v) is 9.02. The highest BCUT2D eigenvalue weighted by atomic mass is 15.1. The summed E-state index contributed by atoms with van der Waals surface area (Å²) in [7, 11) is 0. The van der Waals surface area contributed by atoms with Crippen molar-refractivity contribution in [3.05, 3.63) is 0 Å². The summed E-state index contributed by atoms with van der Waals surface area (Å²) >= 11 is 0. The maximum absolute atomic E-state index is 3.77. The third-order valence-electron chi connectivity index (χ3n) is 4.56. The number of hydrogen-bond acceptors (Lipinski definition) is 2. The van der Waals surface area contributed by atoms with Crippen molar-refractivity contribution in [2.75, 3.05) is 13.1 Å². The van der Waals surface area contributed by atoms with E-state index in [9.17, 15) is 0 Å². The molecule has 0 aromatic carbocycles. The molecule has 2 nitrogen and oxygen atoms in total. The molecule has 80 valence electrons. The van der Waals surface area contributed by atoms with Gasteiger partial charge in [-0.25, -0.2) is 0 Å². The van der Waals surface area contributed by atoms with Crippen molar-refractivity contribution in [3.8, 4) is 0 Å². The molecular weight excluding hydrogens is 172 g/mol. The van der Waals surface area contributed by atoms with Crippen molar-refractivity contribution < 1.29 is 0 Å². The van der Waals surface area contributed by atoms with E-state index >= 15 is 0 Å². The Kier molecular flexibility index (Phi) is 2.29. The van der Waals surface area contributed by atoms with Crippen LogP contribution in [0.3, 0.4) is 0 Å². The van der Waals surface area contributed by atoms with Crippen molar-refractivity contribution >= 4 is 0 Å². The Morgan fingerprint density at radius 2 is 2.07 bits per heavy atom. The third kappa shape index (κ3) is 1.59. The largest absolute Gasteiger partial charge is 0.313 e. The van der Waals surface area contributed by atoms with Gasteiger partial charge < -0.3 is 10.6 Å². The van der Waals surface area contributed by atoms with E-state index in [0.29, 0.717) is 0 Å². The van der Waals surface area contributed by atoms with Gasteiger partial charge in [0.1, 0.15) is 0 Å². The second kappa shape index (κ2) is 3.49. The van der Waals surface area contributed by atoms with E-state index in [2.05, 4.69) is 10.6 Å². The van der Waals surface area contributed by atoms with Crippen molar-refractivity contribution in [3.63, 3.8) is 0 Å². The average molecular weight is 194 g/mol. The lowest BCUT2D eigenvalue weighted by atomic mass is 10.1. The van der Waals surface area contributed by atoms with Crippen LogP contribution < -0.4 is 10.6 Å². The van der Waals surface area contributed by atoms with Crippen LogP contribution in [0.25, 0.3) is 0 Å². The summed E-state index contributed by atoms with van der Waals surface area (Å²) in [6.07, 6.45) is 10.2. The molecule has 2 heteroatoms. The fourth-order valence-electron chi connectivity index (χ4n) is 3.48. The van der Waals surface area contributed by atoms with E-state index in [0.717, 1.165) is 17.5 Å². The van der Waals surface area contributed by atoms with Crippen LogP contribution in [-0.2, 0) is 0 Å². The maximum atomic E-state index is 3.77. The van der Waals surface area contributed by atoms with Crippen LogP contribution in [0.2, 0.25) is 0 Å². The molecule has 3 fully saturated rings. The Morgan fingerprint density at radius 1 is 1.21 bits per heavy atom. The smallest absolute Gasteiger partial charge is 0.0193 e. The molecule has 3 rings (SSSR count). The average Bonchev–Trinajstić information content (AvgIpc) is 2.63. The molecule has 1 heterocycles. The normalized spacial score (nSPS) is 39.4. The SMILES string of the molecule is C1CN[C@@H](CNC2CC23CCCC3)C1. The maximum Gasteiger partial charge on any atom is 0.0193 e. The van der Waals surface area contributed by atoms with E-state index in [1.165, 1.54) is 58.0 Å². The zero-order valence-electron chi connectivity index (χ0n) is 9.02. The lowest BCUT2D eigenvalue weighted by molar-refractivity contribution is 0.446. The molecule has 0 aromatic rings. The number of hydrogen-bond donors (Lipinski definition) is 2. The molecule has 2 saturated carbocycles. The lowest BCUT2D eigenvalue weighted by Crippen LogP contribution is -2.36. The van der Waals surface area contributed by atoms with Gasteiger partial charge in [0.25, 0.3) is 0 Å². The van der Waals surface area contributed by atoms with Crippen LogP contribution in [-0.4, -0.2) is 25.2 Å². The fraction of sp³-hybridized carbons (Fsp3) is 1.00. The van der Waals surface area contributed by atoms with Crippen LogP contribution in [0.15, 0.2) is 0 Å². The second-order valence-electron chi connectivity index (χ2n) is 5.53. The van der Waals surface area contributed by atoms with Gasteiger partial charge in [-0.1, -0.05) is 12.8 Å². The topological polar surface area (TPSA) is 24.1 Å². The van der Waals surface area contributed by atoms with Gasteiger partial charge in [0.15, 0.2) is 0 Å². The number of rotatable bonds is 3. The van der Waals surface area contributed by atoms with Gasteiger partial charge in [0, 0.05) is 18.6 Å². The first-order valence-corrected chi connectivity index (χ1v) is 6.36. The summed E-state index contributed by atoms with van der Waals surface area (Å²) in [5.74, 6) is 0. The second-order valence-corrected chi connectivity index (χ2v) is 5.53. The van der Waals surface area contributed by atoms with Gasteiger partial charge in [0.2, 0.25) is 0 Å². The number of nitrogens with one attached hydrogen (secondary N) is 2. The lowest BCUT2D eigenvalue weighted by Gasteiger charge is -2.13. The van der Waals surface area contributed by atoms with Crippen molar-refractivity contribution in [1.82, 2.24) is 10.6 Å². The van der Waals surface area contributed by atoms with Crippen LogP contribution in [0.5, 0.6) is 0 Å². The molecule has 0 bridgehead atoms. The first-order chi connectivity index (χ1) is 6.89. The molecule has 2 aliphatic carbocycles. The van der Waals surface area contributed by atoms with Gasteiger partial charge in [-0.05, 0) is 44.1 Å². The summed E-state index contributed by atoms with van der Waals surface area (Å²) in [5, 5.41) is 7.33. The van der Waals surface area contributed by atoms with Crippen LogP contribution in [0, 0.1) is 5.41 Å². The van der Waals surface area contributed by atoms with Crippen molar-refractivity contribution in [2.24, 2.45) is 5.41 Å². The standard InChI is InChI=1S/C12H22N2/c1-2-6-12(5-1)8-11(12)14-9-10-4-3-7-13-10/h10-11,13-14H,1-9H2/t10-,11?/m1/s1. The Balaban J connectivity index is 1.42. The molecule has 0 aromatic heterocycles. The monoisotopic (exact) mass is 194 g/mol. The molecule has 0 radical (unpaired) electrons. The minimum atomic E-state index is 0.772. The van der Waals surface area contributed by atoms with Crippen molar-refractivity contribution in [2.45, 2.75) is 57.0 Å². The van der Waals surface area contributed by atoms with Gasteiger partial charge >= 0.3 is 0 Å². The molecule has 1 unspecified atom stereocenters. The van der Waals surface area contributed by atoms with E-state index in [1.54, 1.807) is 0 Å². The van der Waals surface area contributed by atoms with Crippen LogP contribution in [0.1, 0.15) is 44.9 Å². The van der Waals surface area contributed by atoms with Gasteiger partial charge in [0.05, 0.1) is 0 Å². The third-order valence-corrected chi connectivity index (χ3v) is 4.56. The Labute approximate surface area is 86.8 Å². The highest BCUT2D eigenvalue weighted by Gasteiger charge is 2.54. The van der Waals surface area contributed by atoms with Gasteiger partial charge in [-0.3, -0.25) is 0 Å². The minimum absolute atomic E-state index is 0.772. The fourth-order valence-corrected chi connectivity index (χ4v) is 3.48. The molecule has 1 aliphatic heterocycles. The quantitative estimate of drug-likeness (QED) is 0.714. The first-order valence-electron chi connectivity index (χ1n) is 6.36. The molecule has 0 amide bonds. The van der Waals surface area contributed by atoms with Crippen LogP contribution in [0.4, 0.5) is 0 Å². The summed E-state index contributed by atoms with van der Waals surface area (Å²) in [6.45, 7) is 2.45. The molecule has 2 atom stereocenters. The Hall–Kier alpha value is -0.0800. The molecule has 14 heavy (non-hydrogen) atoms. The molecule has 3 aliphatic rings. The summed E-state index contributed by atoms with van der Waals surface area (Å²) < 4.78 is 0. The first kappa shape index (κ1) is 9.17. The molecular formula is C12H22N2. The van der Waals surface area contributed by atoms with E-state index in [4.69, 9.17) is 0 Å². The molecule has 1 saturated heterocycles. The zero-order chi connectivity index (χ0) is 9.43. The molecule has 2 N–H and O–H groups in total. The van der Waals surface area contributed by atoms with Crippen LogP contribution >= 0.6 is 0 Å². The predicted molar refractivity (Wildman–Crippen MR) is 58.3 cm³/mol. The van der Waals surface area contributed by atoms with E-state index in [1.807, 2.05) is 0 Å². The van der Waals surface area contributed by atoms with E-state index in [-0.39, 0.29) is 0 Å². The van der Waals surface area contributed by atoms with E-state index < -0.39 is 0 Å². The summed E-state index contributed by atoms with van der Waals surface area (Å²) in [5.41, 5.74) is 0.776. The van der Waals surface area contributed by atoms with Gasteiger partial charge in [-0.15, -0.1) is 0 Å². The molecule has 1 spiro atoms. The summed E-state index contributed by atoms with van der Waals surface area (Å²) in [6, 6.07) is 1.65. The summed E-state index contributed by atoms with van der Waals surface area (Å²) in [4.78, 5) is 0. The van der Waals surface area contributed by atoms with Crippen molar-refractivity contribution in [1.29, 1.82) is 0 Å². The minimum Gasteiger partial charge on any atom is -0.313 e. The Morgan fingerprint density at radius 3 is 2.79 bits per heavy atom. The van der Waals surface area contributed by atoms with Gasteiger partial charge in [-0.2, -0.15) is 0 Å². The Bertz CT molecular complexity index is 202. The highest BCUT2D eigenvalue weighted by Crippen LogP contribution is 2.57.